The van der Waals surface area contributed by atoms with Gasteiger partial charge in [0.25, 0.3) is 0 Å². The van der Waals surface area contributed by atoms with Gasteiger partial charge in [0.2, 0.25) is 0 Å². The summed E-state index contributed by atoms with van der Waals surface area (Å²) in [6, 6.07) is 0. The highest BCUT2D eigenvalue weighted by molar-refractivity contribution is 8.05. The first kappa shape index (κ1) is 5.76. The molecule has 0 unspecified atom stereocenters. The Morgan fingerprint density at radius 2 is 2.38 bits per heavy atom. The maximum Gasteiger partial charge on any atom is 0.162 e. The predicted molar refractivity (Wildman–Crippen MR) is 36.2 cm³/mol. The van der Waals surface area contributed by atoms with Gasteiger partial charge in [0, 0.05) is 5.41 Å². The third-order valence-corrected chi connectivity index (χ3v) is 1.78. The Morgan fingerprint density at radius 1 is 1.62 bits per heavy atom. The quantitative estimate of drug-likeness (QED) is 0.495. The van der Waals surface area contributed by atoms with Gasteiger partial charge in [-0.3, -0.25) is 0 Å². The van der Waals surface area contributed by atoms with Gasteiger partial charge < -0.3 is 4.74 Å². The van der Waals surface area contributed by atoms with Crippen LogP contribution in [0, 0.1) is 0 Å². The normalized spacial score (nSPS) is 16.5. The molecule has 0 radical (unpaired) electrons. The predicted octanol–water partition coefficient (Wildman–Crippen LogP) is 2.47. The molecule has 0 aromatic rings. The molecule has 1 aliphatic rings. The minimum atomic E-state index is 1.02. The van der Waals surface area contributed by atoms with Crippen molar-refractivity contribution >= 4 is 11.8 Å². The number of hydrogen-bond acceptors (Lipinski definition) is 2. The smallest absolute Gasteiger partial charge is 0.162 e. The number of allylic oxidation sites excluding steroid dienone is 1. The standard InChI is InChI=1S/C6H8OS/c1-5(2)6-7-3-4-8-6/h3-4H,1-2H3. The van der Waals surface area contributed by atoms with E-state index in [0.29, 0.717) is 0 Å². The fourth-order valence-corrected chi connectivity index (χ4v) is 1.02. The second-order valence-electron chi connectivity index (χ2n) is 1.80. The van der Waals surface area contributed by atoms with Crippen molar-refractivity contribution in [1.29, 1.82) is 0 Å². The number of thioether (sulfide) groups is 1. The van der Waals surface area contributed by atoms with Crippen LogP contribution >= 0.6 is 11.8 Å². The van der Waals surface area contributed by atoms with Gasteiger partial charge in [-0.25, -0.2) is 0 Å². The molecule has 0 saturated heterocycles. The van der Waals surface area contributed by atoms with Crippen molar-refractivity contribution in [1.82, 2.24) is 0 Å². The second kappa shape index (κ2) is 2.27. The lowest BCUT2D eigenvalue weighted by molar-refractivity contribution is 0.391. The van der Waals surface area contributed by atoms with Gasteiger partial charge in [-0.05, 0) is 19.4 Å². The zero-order valence-electron chi connectivity index (χ0n) is 4.97. The van der Waals surface area contributed by atoms with Crippen molar-refractivity contribution in [2.75, 3.05) is 0 Å². The van der Waals surface area contributed by atoms with Crippen LogP contribution in [0.1, 0.15) is 13.8 Å². The topological polar surface area (TPSA) is 9.23 Å². The monoisotopic (exact) mass is 128 g/mol. The largest absolute Gasteiger partial charge is 0.457 e. The van der Waals surface area contributed by atoms with Crippen molar-refractivity contribution in [3.8, 4) is 0 Å². The Kier molecular flexibility index (Phi) is 1.63. The van der Waals surface area contributed by atoms with Crippen LogP contribution in [-0.2, 0) is 4.74 Å². The molecule has 0 N–H and O–H groups in total. The summed E-state index contributed by atoms with van der Waals surface area (Å²) in [7, 11) is 0. The molecule has 2 heteroatoms. The lowest BCUT2D eigenvalue weighted by atomic mass is 10.4. The Labute approximate surface area is 53.4 Å². The SMILES string of the molecule is CC(C)=C1OC=CS1. The molecular weight excluding hydrogens is 120 g/mol. The van der Waals surface area contributed by atoms with Crippen molar-refractivity contribution in [3.63, 3.8) is 0 Å². The first-order valence-electron chi connectivity index (χ1n) is 2.46. The molecule has 1 rings (SSSR count). The van der Waals surface area contributed by atoms with E-state index in [1.54, 1.807) is 18.0 Å². The molecule has 1 heterocycles. The Bertz CT molecular complexity index is 133. The minimum absolute atomic E-state index is 1.02. The molecular formula is C6H8OS. The van der Waals surface area contributed by atoms with Crippen LogP contribution in [0.2, 0.25) is 0 Å². The van der Waals surface area contributed by atoms with Crippen LogP contribution in [0.5, 0.6) is 0 Å². The average molecular weight is 128 g/mol. The van der Waals surface area contributed by atoms with Gasteiger partial charge in [-0.2, -0.15) is 0 Å². The number of hydrogen-bond donors (Lipinski definition) is 0. The summed E-state index contributed by atoms with van der Waals surface area (Å²) in [5.74, 6) is 0. The lowest BCUT2D eigenvalue weighted by Crippen LogP contribution is -1.74. The van der Waals surface area contributed by atoms with Gasteiger partial charge in [-0.1, -0.05) is 11.8 Å². The summed E-state index contributed by atoms with van der Waals surface area (Å²) < 4.78 is 5.08. The van der Waals surface area contributed by atoms with E-state index in [0.717, 1.165) is 5.09 Å². The lowest BCUT2D eigenvalue weighted by Gasteiger charge is -1.95. The van der Waals surface area contributed by atoms with Crippen LogP contribution in [0.15, 0.2) is 22.3 Å². The molecule has 0 amide bonds. The van der Waals surface area contributed by atoms with Crippen molar-refractivity contribution in [2.45, 2.75) is 13.8 Å². The first-order chi connectivity index (χ1) is 3.80. The van der Waals surface area contributed by atoms with E-state index in [1.807, 2.05) is 19.3 Å². The molecule has 0 aromatic carbocycles. The van der Waals surface area contributed by atoms with Crippen molar-refractivity contribution in [3.05, 3.63) is 22.3 Å². The molecule has 0 aliphatic carbocycles. The summed E-state index contributed by atoms with van der Waals surface area (Å²) in [4.78, 5) is 0. The van der Waals surface area contributed by atoms with Gasteiger partial charge in [-0.15, -0.1) is 0 Å². The highest BCUT2D eigenvalue weighted by atomic mass is 32.2. The van der Waals surface area contributed by atoms with Crippen LogP contribution < -0.4 is 0 Å². The van der Waals surface area contributed by atoms with E-state index in [2.05, 4.69) is 0 Å². The molecule has 0 spiro atoms. The first-order valence-corrected chi connectivity index (χ1v) is 3.34. The summed E-state index contributed by atoms with van der Waals surface area (Å²) in [6.07, 6.45) is 1.70. The van der Waals surface area contributed by atoms with Gasteiger partial charge >= 0.3 is 0 Å². The summed E-state index contributed by atoms with van der Waals surface area (Å²) in [5, 5.41) is 2.95. The molecule has 0 aromatic heterocycles. The Morgan fingerprint density at radius 3 is 2.62 bits per heavy atom. The van der Waals surface area contributed by atoms with Gasteiger partial charge in [0.15, 0.2) is 5.09 Å². The molecule has 8 heavy (non-hydrogen) atoms. The third-order valence-electron chi connectivity index (χ3n) is 0.814. The van der Waals surface area contributed by atoms with Crippen molar-refractivity contribution in [2.24, 2.45) is 0 Å². The zero-order valence-corrected chi connectivity index (χ0v) is 5.79. The van der Waals surface area contributed by atoms with Gasteiger partial charge in [0.05, 0.1) is 6.26 Å². The molecule has 1 aliphatic heterocycles. The summed E-state index contributed by atoms with van der Waals surface area (Å²) in [5.41, 5.74) is 1.24. The van der Waals surface area contributed by atoms with E-state index < -0.39 is 0 Å². The van der Waals surface area contributed by atoms with E-state index in [-0.39, 0.29) is 0 Å². The average Bonchev–Trinajstić information content (AvgIpc) is 2.12. The Balaban J connectivity index is 2.64. The highest BCUT2D eigenvalue weighted by Crippen LogP contribution is 2.27. The van der Waals surface area contributed by atoms with Crippen LogP contribution in [-0.4, -0.2) is 0 Å². The Hall–Kier alpha value is -0.370. The van der Waals surface area contributed by atoms with Crippen LogP contribution in [0.3, 0.4) is 0 Å². The molecule has 0 bridgehead atoms. The fourth-order valence-electron chi connectivity index (χ4n) is 0.443. The summed E-state index contributed by atoms with van der Waals surface area (Å²) >= 11 is 1.63. The fraction of sp³-hybridized carbons (Fsp3) is 0.333. The van der Waals surface area contributed by atoms with E-state index in [9.17, 15) is 0 Å². The minimum Gasteiger partial charge on any atom is -0.457 e. The van der Waals surface area contributed by atoms with E-state index >= 15 is 0 Å². The van der Waals surface area contributed by atoms with Crippen molar-refractivity contribution < 1.29 is 4.74 Å². The molecule has 0 saturated carbocycles. The van der Waals surface area contributed by atoms with E-state index in [4.69, 9.17) is 4.74 Å². The van der Waals surface area contributed by atoms with Crippen LogP contribution in [0.4, 0.5) is 0 Å². The third kappa shape index (κ3) is 1.07. The van der Waals surface area contributed by atoms with E-state index in [1.165, 1.54) is 5.57 Å². The van der Waals surface area contributed by atoms with Crippen LogP contribution in [0.25, 0.3) is 0 Å². The molecule has 44 valence electrons. The molecule has 0 atom stereocenters. The molecule has 1 nitrogen and oxygen atoms in total. The maximum atomic E-state index is 5.08. The second-order valence-corrected chi connectivity index (χ2v) is 2.67. The highest BCUT2D eigenvalue weighted by Gasteiger charge is 2.02. The molecule has 0 fully saturated rings. The maximum absolute atomic E-state index is 5.08. The summed E-state index contributed by atoms with van der Waals surface area (Å²) in [6.45, 7) is 4.07. The number of rotatable bonds is 0. The zero-order chi connectivity index (χ0) is 5.98. The van der Waals surface area contributed by atoms with Gasteiger partial charge in [0.1, 0.15) is 0 Å². The number of ether oxygens (including phenoxy) is 1.